The lowest BCUT2D eigenvalue weighted by atomic mass is 10.1. The van der Waals surface area contributed by atoms with Crippen molar-refractivity contribution in [1.29, 1.82) is 0 Å². The second-order valence-electron chi connectivity index (χ2n) is 6.05. The fourth-order valence-corrected chi connectivity index (χ4v) is 1.68. The third-order valence-electron chi connectivity index (χ3n) is 2.57. The molecule has 0 aliphatic rings. The number of hydrogen-bond donors (Lipinski definition) is 2. The van der Waals surface area contributed by atoms with Crippen molar-refractivity contribution in [3.05, 3.63) is 29.8 Å². The van der Waals surface area contributed by atoms with E-state index in [2.05, 4.69) is 10.6 Å². The van der Waals surface area contributed by atoms with Gasteiger partial charge in [-0.1, -0.05) is 6.07 Å². The summed E-state index contributed by atoms with van der Waals surface area (Å²) in [6, 6.07) is 6.34. The Morgan fingerprint density at radius 3 is 2.36 bits per heavy atom. The largest absolute Gasteiger partial charge is 0.449 e. The van der Waals surface area contributed by atoms with Gasteiger partial charge in [-0.2, -0.15) is 0 Å². The Balaban J connectivity index is 2.72. The Morgan fingerprint density at radius 2 is 1.82 bits per heavy atom. The van der Waals surface area contributed by atoms with Crippen molar-refractivity contribution >= 4 is 23.5 Å². The molecule has 0 bridgehead atoms. The molecule has 2 N–H and O–H groups in total. The predicted octanol–water partition coefficient (Wildman–Crippen LogP) is 2.10. The van der Waals surface area contributed by atoms with Crippen LogP contribution in [0.15, 0.2) is 24.3 Å². The maximum Gasteiger partial charge on any atom is 0.338 e. The zero-order valence-corrected chi connectivity index (χ0v) is 13.5. The van der Waals surface area contributed by atoms with E-state index in [1.807, 2.05) is 20.8 Å². The highest BCUT2D eigenvalue weighted by Crippen LogP contribution is 2.13. The lowest BCUT2D eigenvalue weighted by Crippen LogP contribution is -2.46. The molecule has 120 valence electrons. The Labute approximate surface area is 130 Å². The van der Waals surface area contributed by atoms with E-state index in [0.29, 0.717) is 5.69 Å². The normalized spacial score (nSPS) is 12.2. The van der Waals surface area contributed by atoms with Crippen LogP contribution in [0.1, 0.15) is 45.0 Å². The zero-order valence-electron chi connectivity index (χ0n) is 13.5. The van der Waals surface area contributed by atoms with E-state index >= 15 is 0 Å². The first kappa shape index (κ1) is 17.7. The number of carbonyl (C=O) groups is 3. The zero-order chi connectivity index (χ0) is 16.9. The number of hydrogen-bond acceptors (Lipinski definition) is 4. The summed E-state index contributed by atoms with van der Waals surface area (Å²) < 4.78 is 5.14. The lowest BCUT2D eigenvalue weighted by molar-refractivity contribution is -0.130. The molecule has 0 saturated heterocycles. The molecule has 0 saturated carbocycles. The molecule has 6 heteroatoms. The number of carbonyl (C=O) groups excluding carboxylic acids is 3. The predicted molar refractivity (Wildman–Crippen MR) is 83.5 cm³/mol. The molecule has 0 heterocycles. The molecule has 1 atom stereocenters. The minimum absolute atomic E-state index is 0.233. The SMILES string of the molecule is CC(=O)Nc1cccc(C(=O)O[C@@H](C)C(=O)NC(C)(C)C)c1. The molecule has 6 nitrogen and oxygen atoms in total. The first-order valence-electron chi connectivity index (χ1n) is 6.99. The number of nitrogens with one attached hydrogen (secondary N) is 2. The smallest absolute Gasteiger partial charge is 0.338 e. The lowest BCUT2D eigenvalue weighted by Gasteiger charge is -2.23. The molecule has 0 aromatic heterocycles. The van der Waals surface area contributed by atoms with Gasteiger partial charge in [-0.25, -0.2) is 4.79 Å². The molecule has 0 fully saturated rings. The first-order valence-corrected chi connectivity index (χ1v) is 6.99. The van der Waals surface area contributed by atoms with E-state index < -0.39 is 17.6 Å². The summed E-state index contributed by atoms with van der Waals surface area (Å²) in [6.45, 7) is 8.42. The van der Waals surface area contributed by atoms with Crippen LogP contribution in [-0.2, 0) is 14.3 Å². The van der Waals surface area contributed by atoms with Crippen LogP contribution in [-0.4, -0.2) is 29.4 Å². The van der Waals surface area contributed by atoms with Gasteiger partial charge in [-0.05, 0) is 45.9 Å². The van der Waals surface area contributed by atoms with E-state index in [-0.39, 0.29) is 17.4 Å². The number of rotatable bonds is 4. The molecular weight excluding hydrogens is 284 g/mol. The average molecular weight is 306 g/mol. The fourth-order valence-electron chi connectivity index (χ4n) is 1.68. The third kappa shape index (κ3) is 5.95. The minimum atomic E-state index is -0.906. The topological polar surface area (TPSA) is 84.5 Å². The average Bonchev–Trinajstić information content (AvgIpc) is 2.36. The highest BCUT2D eigenvalue weighted by Gasteiger charge is 2.23. The molecule has 0 spiro atoms. The fraction of sp³-hybridized carbons (Fsp3) is 0.438. The molecular formula is C16H22N2O4. The van der Waals surface area contributed by atoms with E-state index in [0.717, 1.165) is 0 Å². The van der Waals surface area contributed by atoms with Crippen LogP contribution in [0, 0.1) is 0 Å². The van der Waals surface area contributed by atoms with Gasteiger partial charge in [0, 0.05) is 18.2 Å². The van der Waals surface area contributed by atoms with Gasteiger partial charge < -0.3 is 15.4 Å². The van der Waals surface area contributed by atoms with Gasteiger partial charge in [0.25, 0.3) is 5.91 Å². The molecule has 1 rings (SSSR count). The van der Waals surface area contributed by atoms with Crippen molar-refractivity contribution in [3.8, 4) is 0 Å². The summed E-state index contributed by atoms with van der Waals surface area (Å²) >= 11 is 0. The second-order valence-corrected chi connectivity index (χ2v) is 6.05. The number of amides is 2. The number of anilines is 1. The number of benzene rings is 1. The van der Waals surface area contributed by atoms with Gasteiger partial charge in [0.1, 0.15) is 0 Å². The summed E-state index contributed by atoms with van der Waals surface area (Å²) in [5.41, 5.74) is 0.360. The molecule has 22 heavy (non-hydrogen) atoms. The Hall–Kier alpha value is -2.37. The summed E-state index contributed by atoms with van der Waals surface area (Å²) in [7, 11) is 0. The first-order chi connectivity index (χ1) is 10.1. The van der Waals surface area contributed by atoms with Gasteiger partial charge in [-0.15, -0.1) is 0 Å². The summed E-state index contributed by atoms with van der Waals surface area (Å²) in [5.74, 6) is -1.22. The number of ether oxygens (including phenoxy) is 1. The van der Waals surface area contributed by atoms with Gasteiger partial charge in [-0.3, -0.25) is 9.59 Å². The molecule has 1 aromatic rings. The summed E-state index contributed by atoms with van der Waals surface area (Å²) in [5, 5.41) is 5.32. The summed E-state index contributed by atoms with van der Waals surface area (Å²) in [4.78, 5) is 35.0. The van der Waals surface area contributed by atoms with Gasteiger partial charge in [0.2, 0.25) is 5.91 Å². The minimum Gasteiger partial charge on any atom is -0.449 e. The van der Waals surface area contributed by atoms with Crippen LogP contribution in [0.4, 0.5) is 5.69 Å². The van der Waals surface area contributed by atoms with Crippen molar-refractivity contribution in [2.75, 3.05) is 5.32 Å². The van der Waals surface area contributed by atoms with Crippen LogP contribution < -0.4 is 10.6 Å². The van der Waals surface area contributed by atoms with E-state index in [1.165, 1.54) is 19.9 Å². The van der Waals surface area contributed by atoms with Crippen molar-refractivity contribution in [2.45, 2.75) is 46.3 Å². The van der Waals surface area contributed by atoms with E-state index in [1.54, 1.807) is 18.2 Å². The molecule has 0 aliphatic heterocycles. The van der Waals surface area contributed by atoms with Crippen LogP contribution in [0.2, 0.25) is 0 Å². The van der Waals surface area contributed by atoms with Gasteiger partial charge in [0.05, 0.1) is 5.56 Å². The molecule has 1 aromatic carbocycles. The molecule has 0 unspecified atom stereocenters. The van der Waals surface area contributed by atoms with Crippen LogP contribution >= 0.6 is 0 Å². The van der Waals surface area contributed by atoms with E-state index in [4.69, 9.17) is 4.74 Å². The quantitative estimate of drug-likeness (QED) is 0.834. The van der Waals surface area contributed by atoms with Crippen LogP contribution in [0.25, 0.3) is 0 Å². The Bertz CT molecular complexity index is 576. The molecule has 2 amide bonds. The second kappa shape index (κ2) is 7.06. The van der Waals surface area contributed by atoms with Crippen molar-refractivity contribution < 1.29 is 19.1 Å². The van der Waals surface area contributed by atoms with Gasteiger partial charge >= 0.3 is 5.97 Å². The standard InChI is InChI=1S/C16H22N2O4/c1-10(14(20)18-16(3,4)5)22-15(21)12-7-6-8-13(9-12)17-11(2)19/h6-10H,1-5H3,(H,17,19)(H,18,20)/t10-/m0/s1. The highest BCUT2D eigenvalue weighted by molar-refractivity contribution is 5.95. The Morgan fingerprint density at radius 1 is 1.18 bits per heavy atom. The number of esters is 1. The van der Waals surface area contributed by atoms with Gasteiger partial charge in [0.15, 0.2) is 6.10 Å². The van der Waals surface area contributed by atoms with Crippen molar-refractivity contribution in [2.24, 2.45) is 0 Å². The van der Waals surface area contributed by atoms with Crippen molar-refractivity contribution in [1.82, 2.24) is 5.32 Å². The van der Waals surface area contributed by atoms with Crippen molar-refractivity contribution in [3.63, 3.8) is 0 Å². The maximum absolute atomic E-state index is 12.0. The third-order valence-corrected chi connectivity index (χ3v) is 2.57. The monoisotopic (exact) mass is 306 g/mol. The Kier molecular flexibility index (Phi) is 5.68. The molecule has 0 aliphatic carbocycles. The maximum atomic E-state index is 12.0. The van der Waals surface area contributed by atoms with Crippen LogP contribution in [0.5, 0.6) is 0 Å². The molecule has 0 radical (unpaired) electrons. The van der Waals surface area contributed by atoms with E-state index in [9.17, 15) is 14.4 Å². The summed E-state index contributed by atoms with van der Waals surface area (Å²) in [6.07, 6.45) is -0.906. The highest BCUT2D eigenvalue weighted by atomic mass is 16.5. The van der Waals surface area contributed by atoms with Crippen LogP contribution in [0.3, 0.4) is 0 Å².